The minimum absolute atomic E-state index is 0.247. The molecule has 8 nitrogen and oxygen atoms in total. The Kier molecular flexibility index (Phi) is 8.77. The summed E-state index contributed by atoms with van der Waals surface area (Å²) in [6.45, 7) is 9.74. The number of halogens is 1. The van der Waals surface area contributed by atoms with Gasteiger partial charge >= 0.3 is 0 Å². The van der Waals surface area contributed by atoms with Gasteiger partial charge in [-0.3, -0.25) is 0 Å². The second-order valence-corrected chi connectivity index (χ2v) is 14.2. The maximum absolute atomic E-state index is 13.9. The van der Waals surface area contributed by atoms with Crippen molar-refractivity contribution in [1.82, 2.24) is 18.6 Å². The van der Waals surface area contributed by atoms with E-state index in [1.807, 2.05) is 13.8 Å². The van der Waals surface area contributed by atoms with Crippen molar-refractivity contribution in [2.24, 2.45) is 0 Å². The van der Waals surface area contributed by atoms with Crippen molar-refractivity contribution in [3.05, 3.63) is 70.1 Å². The number of thiazole rings is 1. The number of ether oxygens (including phenoxy) is 1. The van der Waals surface area contributed by atoms with Crippen molar-refractivity contribution < 1.29 is 13.2 Å². The van der Waals surface area contributed by atoms with Crippen molar-refractivity contribution in [2.45, 2.75) is 50.8 Å². The molecule has 4 aromatic rings. The Bertz CT molecular complexity index is 1590. The predicted octanol–water partition coefficient (Wildman–Crippen LogP) is 6.21. The lowest BCUT2D eigenvalue weighted by atomic mass is 10.1. The molecule has 1 unspecified atom stereocenters. The van der Waals surface area contributed by atoms with Crippen molar-refractivity contribution in [1.29, 1.82) is 0 Å². The van der Waals surface area contributed by atoms with Crippen molar-refractivity contribution >= 4 is 49.6 Å². The smallest absolute Gasteiger partial charge is 0.254 e. The Balaban J connectivity index is 1.31. The van der Waals surface area contributed by atoms with Crippen LogP contribution in [0.4, 0.5) is 5.13 Å². The van der Waals surface area contributed by atoms with Crippen LogP contribution in [0.1, 0.15) is 42.9 Å². The first-order chi connectivity index (χ1) is 19.2. The monoisotopic (exact) mass is 617 g/mol. The summed E-state index contributed by atoms with van der Waals surface area (Å²) in [5.74, 6) is 1.42. The molecule has 0 bridgehead atoms. The third-order valence-electron chi connectivity index (χ3n) is 6.71. The summed E-state index contributed by atoms with van der Waals surface area (Å²) in [7, 11) is -3.76. The fraction of sp³-hybridized carbons (Fsp3) is 0.393. The molecule has 212 valence electrons. The zero-order valence-corrected chi connectivity index (χ0v) is 26.1. The predicted molar refractivity (Wildman–Crippen MR) is 163 cm³/mol. The zero-order valence-electron chi connectivity index (χ0n) is 22.9. The van der Waals surface area contributed by atoms with E-state index < -0.39 is 10.0 Å². The van der Waals surface area contributed by atoms with Crippen LogP contribution < -0.4 is 9.64 Å². The Morgan fingerprint density at radius 1 is 1.10 bits per heavy atom. The summed E-state index contributed by atoms with van der Waals surface area (Å²) in [4.78, 5) is 11.5. The average Bonchev–Trinajstić information content (AvgIpc) is 3.56. The van der Waals surface area contributed by atoms with Gasteiger partial charge in [-0.05, 0) is 51.0 Å². The lowest BCUT2D eigenvalue weighted by Crippen LogP contribution is -2.53. The lowest BCUT2D eigenvalue weighted by Gasteiger charge is -2.38. The molecule has 1 aliphatic heterocycles. The van der Waals surface area contributed by atoms with Crippen LogP contribution in [0.25, 0.3) is 10.6 Å². The third kappa shape index (κ3) is 6.18. The minimum Gasteiger partial charge on any atom is -0.493 e. The summed E-state index contributed by atoms with van der Waals surface area (Å²) >= 11 is 8.80. The SMILES string of the molecule is CCCOc1ccc(Cl)cc1-c1nc(C)c(S(=O)(=O)N2CCN(c3nc(Cc4ccc(C)cc4)ns3)CC2C)s1. The standard InChI is InChI=1S/C28H32ClN5O3S3/c1-5-14-37-24-11-10-22(29)16-23(24)26-30-20(4)27(38-26)40(35,36)34-13-12-33(17-19(34)3)28-31-25(32-39-28)15-21-8-6-18(2)7-9-21/h6-11,16,19H,5,12-15,17H2,1-4H3. The van der Waals surface area contributed by atoms with Gasteiger partial charge in [-0.15, -0.1) is 11.3 Å². The second kappa shape index (κ2) is 12.1. The Labute approximate surface area is 248 Å². The molecule has 3 heterocycles. The van der Waals surface area contributed by atoms with E-state index in [-0.39, 0.29) is 10.3 Å². The number of hydrogen-bond acceptors (Lipinski definition) is 9. The molecule has 0 aliphatic carbocycles. The van der Waals surface area contributed by atoms with Gasteiger partial charge in [-0.1, -0.05) is 48.4 Å². The average molecular weight is 618 g/mol. The molecule has 12 heteroatoms. The van der Waals surface area contributed by atoms with E-state index in [9.17, 15) is 8.42 Å². The summed E-state index contributed by atoms with van der Waals surface area (Å²) in [5.41, 5.74) is 3.56. The molecular formula is C28H32ClN5O3S3. The molecule has 40 heavy (non-hydrogen) atoms. The van der Waals surface area contributed by atoms with Crippen LogP contribution in [0.3, 0.4) is 0 Å². The highest BCUT2D eigenvalue weighted by Crippen LogP contribution is 2.39. The first kappa shape index (κ1) is 28.9. The van der Waals surface area contributed by atoms with E-state index in [1.54, 1.807) is 29.4 Å². The quantitative estimate of drug-likeness (QED) is 0.221. The van der Waals surface area contributed by atoms with Crippen LogP contribution >= 0.6 is 34.5 Å². The Hall–Kier alpha value is -2.57. The molecule has 0 N–H and O–H groups in total. The number of rotatable bonds is 9. The molecule has 1 fully saturated rings. The largest absolute Gasteiger partial charge is 0.493 e. The summed E-state index contributed by atoms with van der Waals surface area (Å²) < 4.78 is 40.0. The van der Waals surface area contributed by atoms with Gasteiger partial charge < -0.3 is 9.64 Å². The van der Waals surface area contributed by atoms with Gasteiger partial charge in [0.05, 0.1) is 17.9 Å². The number of benzene rings is 2. The summed E-state index contributed by atoms with van der Waals surface area (Å²) in [6.07, 6.45) is 1.53. The van der Waals surface area contributed by atoms with Crippen LogP contribution in [0.15, 0.2) is 46.7 Å². The molecule has 1 saturated heterocycles. The third-order valence-corrected chi connectivity index (χ3v) is 11.5. The van der Waals surface area contributed by atoms with Crippen LogP contribution in [0.5, 0.6) is 5.75 Å². The first-order valence-corrected chi connectivity index (χ1v) is 16.6. The van der Waals surface area contributed by atoms with Crippen molar-refractivity contribution in [3.8, 4) is 16.3 Å². The first-order valence-electron chi connectivity index (χ1n) is 13.2. The summed E-state index contributed by atoms with van der Waals surface area (Å²) in [5, 5.41) is 1.94. The normalized spacial score (nSPS) is 16.4. The minimum atomic E-state index is -3.76. The molecule has 0 radical (unpaired) electrons. The Morgan fingerprint density at radius 2 is 1.88 bits per heavy atom. The van der Waals surface area contributed by atoms with E-state index in [0.717, 1.165) is 28.7 Å². The van der Waals surface area contributed by atoms with Gasteiger partial charge in [0.2, 0.25) is 5.13 Å². The maximum atomic E-state index is 13.9. The number of piperazine rings is 1. The zero-order chi connectivity index (χ0) is 28.4. The van der Waals surface area contributed by atoms with E-state index >= 15 is 0 Å². The molecule has 1 atom stereocenters. The number of anilines is 1. The lowest BCUT2D eigenvalue weighted by molar-refractivity contribution is 0.307. The van der Waals surface area contributed by atoms with Gasteiger partial charge in [0.25, 0.3) is 10.0 Å². The number of hydrogen-bond donors (Lipinski definition) is 0. The van der Waals surface area contributed by atoms with Gasteiger partial charge in [-0.25, -0.2) is 18.4 Å². The van der Waals surface area contributed by atoms with Gasteiger partial charge in [0.15, 0.2) is 4.21 Å². The van der Waals surface area contributed by atoms with Crippen molar-refractivity contribution in [2.75, 3.05) is 31.1 Å². The van der Waals surface area contributed by atoms with Gasteiger partial charge in [0.1, 0.15) is 16.6 Å². The number of nitrogens with zero attached hydrogens (tertiary/aromatic N) is 5. The molecule has 2 aromatic carbocycles. The molecule has 0 amide bonds. The van der Waals surface area contributed by atoms with E-state index in [1.165, 1.54) is 22.7 Å². The van der Waals surface area contributed by atoms with Gasteiger partial charge in [-0.2, -0.15) is 8.68 Å². The van der Waals surface area contributed by atoms with E-state index in [4.69, 9.17) is 21.3 Å². The van der Waals surface area contributed by atoms with Gasteiger partial charge in [0, 0.05) is 48.7 Å². The fourth-order valence-electron chi connectivity index (χ4n) is 4.66. The van der Waals surface area contributed by atoms with Crippen LogP contribution in [-0.2, 0) is 16.4 Å². The molecule has 2 aromatic heterocycles. The topological polar surface area (TPSA) is 88.5 Å². The number of aromatic nitrogens is 3. The van der Waals surface area contributed by atoms with E-state index in [2.05, 4.69) is 45.4 Å². The van der Waals surface area contributed by atoms with Crippen LogP contribution in [0.2, 0.25) is 5.02 Å². The number of aryl methyl sites for hydroxylation is 2. The highest BCUT2D eigenvalue weighted by molar-refractivity contribution is 7.91. The highest BCUT2D eigenvalue weighted by atomic mass is 35.5. The second-order valence-electron chi connectivity index (χ2n) is 9.95. The highest BCUT2D eigenvalue weighted by Gasteiger charge is 2.37. The fourth-order valence-corrected chi connectivity index (χ4v) is 8.81. The maximum Gasteiger partial charge on any atom is 0.254 e. The van der Waals surface area contributed by atoms with Crippen molar-refractivity contribution in [3.63, 3.8) is 0 Å². The number of sulfonamides is 1. The molecule has 1 aliphatic rings. The summed E-state index contributed by atoms with van der Waals surface area (Å²) in [6, 6.07) is 13.5. The Morgan fingerprint density at radius 3 is 2.60 bits per heavy atom. The molecule has 0 saturated carbocycles. The molecular weight excluding hydrogens is 586 g/mol. The molecule has 5 rings (SSSR count). The van der Waals surface area contributed by atoms with E-state index in [0.29, 0.717) is 59.7 Å². The van der Waals surface area contributed by atoms with Crippen LogP contribution in [-0.4, -0.2) is 59.3 Å². The van der Waals surface area contributed by atoms with Crippen LogP contribution in [0, 0.1) is 13.8 Å². The molecule has 0 spiro atoms.